The Kier molecular flexibility index (Phi) is 5.52. The van der Waals surface area contributed by atoms with Crippen LogP contribution in [0.2, 0.25) is 5.02 Å². The van der Waals surface area contributed by atoms with Gasteiger partial charge in [0.1, 0.15) is 5.82 Å². The molecule has 1 aromatic carbocycles. The van der Waals surface area contributed by atoms with Crippen LogP contribution in [-0.4, -0.2) is 39.2 Å². The number of aromatic nitrogens is 2. The molecule has 29 heavy (non-hydrogen) atoms. The Morgan fingerprint density at radius 1 is 1.17 bits per heavy atom. The second-order valence-electron chi connectivity index (χ2n) is 7.28. The van der Waals surface area contributed by atoms with Gasteiger partial charge in [-0.2, -0.15) is 0 Å². The summed E-state index contributed by atoms with van der Waals surface area (Å²) >= 11 is 5.99. The van der Waals surface area contributed by atoms with Crippen LogP contribution < -0.4 is 5.32 Å². The van der Waals surface area contributed by atoms with E-state index in [9.17, 15) is 13.6 Å². The lowest BCUT2D eigenvalue weighted by Crippen LogP contribution is -2.39. The number of carbonyl (C=O) groups excluding carboxylic acids is 1. The summed E-state index contributed by atoms with van der Waals surface area (Å²) in [7, 11) is 0. The number of piperidine rings is 1. The molecule has 1 N–H and O–H groups in total. The lowest BCUT2D eigenvalue weighted by atomic mass is 10.1. The average Bonchev–Trinajstić information content (AvgIpc) is 3.07. The van der Waals surface area contributed by atoms with Gasteiger partial charge < -0.3 is 9.72 Å². The molecule has 1 amide bonds. The van der Waals surface area contributed by atoms with E-state index in [-0.39, 0.29) is 18.7 Å². The van der Waals surface area contributed by atoms with Crippen LogP contribution in [0.3, 0.4) is 0 Å². The molecule has 0 aliphatic carbocycles. The van der Waals surface area contributed by atoms with Crippen molar-refractivity contribution in [3.05, 3.63) is 70.8 Å². The van der Waals surface area contributed by atoms with E-state index in [0.29, 0.717) is 48.2 Å². The summed E-state index contributed by atoms with van der Waals surface area (Å²) in [6.45, 7) is 1.38. The number of hydrogen-bond donors (Lipinski definition) is 1. The van der Waals surface area contributed by atoms with Gasteiger partial charge in [-0.25, -0.2) is 13.8 Å². The van der Waals surface area contributed by atoms with Gasteiger partial charge in [-0.05, 0) is 29.8 Å². The van der Waals surface area contributed by atoms with Crippen molar-refractivity contribution in [1.82, 2.24) is 19.6 Å². The van der Waals surface area contributed by atoms with Crippen LogP contribution in [0.15, 0.2) is 48.7 Å². The summed E-state index contributed by atoms with van der Waals surface area (Å²) in [5.74, 6) is -2.21. The third kappa shape index (κ3) is 4.57. The van der Waals surface area contributed by atoms with Crippen molar-refractivity contribution < 1.29 is 13.6 Å². The first-order valence-electron chi connectivity index (χ1n) is 9.50. The fourth-order valence-corrected chi connectivity index (χ4v) is 3.74. The van der Waals surface area contributed by atoms with Gasteiger partial charge in [0.15, 0.2) is 5.69 Å². The van der Waals surface area contributed by atoms with E-state index >= 15 is 0 Å². The Morgan fingerprint density at radius 3 is 2.72 bits per heavy atom. The molecule has 3 aromatic rings. The number of nitrogens with one attached hydrogen (secondary N) is 1. The van der Waals surface area contributed by atoms with E-state index < -0.39 is 5.92 Å². The Balaban J connectivity index is 1.51. The largest absolute Gasteiger partial charge is 0.347 e. The first-order valence-corrected chi connectivity index (χ1v) is 9.88. The zero-order valence-electron chi connectivity index (χ0n) is 15.7. The van der Waals surface area contributed by atoms with Crippen LogP contribution in [0.4, 0.5) is 8.78 Å². The highest BCUT2D eigenvalue weighted by molar-refractivity contribution is 6.30. The molecule has 1 saturated heterocycles. The van der Waals surface area contributed by atoms with Crippen molar-refractivity contribution in [3.8, 4) is 0 Å². The molecule has 3 heterocycles. The molecule has 1 fully saturated rings. The number of halogens is 3. The molecule has 4 rings (SSSR count). The molecule has 1 aliphatic heterocycles. The van der Waals surface area contributed by atoms with Crippen molar-refractivity contribution in [2.45, 2.75) is 31.9 Å². The number of nitrogens with zero attached hydrogens (tertiary/aromatic N) is 3. The maximum Gasteiger partial charge on any atom is 0.272 e. The average molecular weight is 419 g/mol. The van der Waals surface area contributed by atoms with E-state index in [1.54, 1.807) is 12.1 Å². The SMILES string of the molecule is O=C(NCc1cccc(Cl)c1)c1nc(CN2CCC(F)(F)CC2)n2ccccc12. The Bertz CT molecular complexity index is 1030. The molecule has 0 atom stereocenters. The summed E-state index contributed by atoms with van der Waals surface area (Å²) < 4.78 is 28.7. The standard InChI is InChI=1S/C21H21ClF2N4O/c22-16-5-3-4-15(12-16)13-25-20(29)19-17-6-1-2-9-28(17)18(26-19)14-27-10-7-21(23,24)8-11-27/h1-6,9,12H,7-8,10-11,13-14H2,(H,25,29). The van der Waals surface area contributed by atoms with Gasteiger partial charge in [-0.1, -0.05) is 29.8 Å². The number of rotatable bonds is 5. The van der Waals surface area contributed by atoms with E-state index in [1.807, 2.05) is 45.8 Å². The molecule has 0 bridgehead atoms. The van der Waals surface area contributed by atoms with E-state index in [1.165, 1.54) is 0 Å². The lowest BCUT2D eigenvalue weighted by Gasteiger charge is -2.31. The third-order valence-electron chi connectivity index (χ3n) is 5.13. The van der Waals surface area contributed by atoms with E-state index in [0.717, 1.165) is 5.56 Å². The number of benzene rings is 1. The molecule has 0 spiro atoms. The first kappa shape index (κ1) is 19.8. The molecular weight excluding hydrogens is 398 g/mol. The van der Waals surface area contributed by atoms with Crippen molar-refractivity contribution in [2.75, 3.05) is 13.1 Å². The number of likely N-dealkylation sites (tertiary alicyclic amines) is 1. The number of pyridine rings is 1. The first-order chi connectivity index (χ1) is 13.9. The zero-order valence-corrected chi connectivity index (χ0v) is 16.5. The molecule has 0 unspecified atom stereocenters. The number of amides is 1. The van der Waals surface area contributed by atoms with Crippen LogP contribution in [0.25, 0.3) is 5.52 Å². The van der Waals surface area contributed by atoms with Crippen LogP contribution in [0.5, 0.6) is 0 Å². The highest BCUT2D eigenvalue weighted by atomic mass is 35.5. The molecule has 0 radical (unpaired) electrons. The van der Waals surface area contributed by atoms with Gasteiger partial charge in [-0.15, -0.1) is 0 Å². The Morgan fingerprint density at radius 2 is 1.97 bits per heavy atom. The van der Waals surface area contributed by atoms with Crippen molar-refractivity contribution in [1.29, 1.82) is 0 Å². The molecule has 1 aliphatic rings. The van der Waals surface area contributed by atoms with Crippen molar-refractivity contribution >= 4 is 23.0 Å². The van der Waals surface area contributed by atoms with Gasteiger partial charge in [-0.3, -0.25) is 9.69 Å². The highest BCUT2D eigenvalue weighted by Gasteiger charge is 2.34. The smallest absolute Gasteiger partial charge is 0.272 e. The van der Waals surface area contributed by atoms with Crippen LogP contribution >= 0.6 is 11.6 Å². The quantitative estimate of drug-likeness (QED) is 0.677. The number of fused-ring (bicyclic) bond motifs is 1. The fourth-order valence-electron chi connectivity index (χ4n) is 3.53. The number of carbonyl (C=O) groups is 1. The minimum atomic E-state index is -2.59. The molecule has 8 heteroatoms. The summed E-state index contributed by atoms with van der Waals surface area (Å²) in [5, 5.41) is 3.49. The fraction of sp³-hybridized carbons (Fsp3) is 0.333. The number of hydrogen-bond acceptors (Lipinski definition) is 3. The highest BCUT2D eigenvalue weighted by Crippen LogP contribution is 2.28. The van der Waals surface area contributed by atoms with E-state index in [4.69, 9.17) is 11.6 Å². The zero-order chi connectivity index (χ0) is 20.4. The van der Waals surface area contributed by atoms with Crippen molar-refractivity contribution in [3.63, 3.8) is 0 Å². The Hall–Kier alpha value is -2.51. The van der Waals surface area contributed by atoms with E-state index in [2.05, 4.69) is 10.3 Å². The predicted octanol–water partition coefficient (Wildman–Crippen LogP) is 4.15. The molecular formula is C21H21ClF2N4O. The predicted molar refractivity (Wildman–Crippen MR) is 107 cm³/mol. The Labute approximate surface area is 172 Å². The van der Waals surface area contributed by atoms with Gasteiger partial charge in [0.05, 0.1) is 12.1 Å². The summed E-state index contributed by atoms with van der Waals surface area (Å²) in [5.41, 5.74) is 1.90. The lowest BCUT2D eigenvalue weighted by molar-refractivity contribution is -0.0570. The number of alkyl halides is 2. The van der Waals surface area contributed by atoms with Crippen LogP contribution in [0, 0.1) is 0 Å². The van der Waals surface area contributed by atoms with Crippen molar-refractivity contribution in [2.24, 2.45) is 0 Å². The van der Waals surface area contributed by atoms with Crippen LogP contribution in [0.1, 0.15) is 34.7 Å². The third-order valence-corrected chi connectivity index (χ3v) is 5.37. The van der Waals surface area contributed by atoms with Crippen LogP contribution in [-0.2, 0) is 13.1 Å². The maximum atomic E-state index is 13.4. The van der Waals surface area contributed by atoms with Gasteiger partial charge in [0.25, 0.3) is 11.8 Å². The molecule has 2 aromatic heterocycles. The second-order valence-corrected chi connectivity index (χ2v) is 7.71. The minimum absolute atomic E-state index is 0.150. The molecule has 5 nitrogen and oxygen atoms in total. The summed E-state index contributed by atoms with van der Waals surface area (Å²) in [6, 6.07) is 12.8. The topological polar surface area (TPSA) is 49.6 Å². The summed E-state index contributed by atoms with van der Waals surface area (Å²) in [4.78, 5) is 19.3. The number of imidazole rings is 1. The molecule has 0 saturated carbocycles. The maximum absolute atomic E-state index is 13.4. The second kappa shape index (κ2) is 8.08. The monoisotopic (exact) mass is 418 g/mol. The normalized spacial score (nSPS) is 16.8. The van der Waals surface area contributed by atoms with Gasteiger partial charge in [0, 0.05) is 43.7 Å². The van der Waals surface area contributed by atoms with Gasteiger partial charge >= 0.3 is 0 Å². The summed E-state index contributed by atoms with van der Waals surface area (Å²) in [6.07, 6.45) is 1.54. The van der Waals surface area contributed by atoms with Gasteiger partial charge in [0.2, 0.25) is 0 Å². The minimum Gasteiger partial charge on any atom is -0.347 e. The molecule has 152 valence electrons.